The highest BCUT2D eigenvalue weighted by atomic mass is 16.4. The summed E-state index contributed by atoms with van der Waals surface area (Å²) in [6.07, 6.45) is 6.06. The first-order valence-corrected chi connectivity index (χ1v) is 5.63. The van der Waals surface area contributed by atoms with E-state index in [1.807, 2.05) is 0 Å². The molecule has 1 aliphatic rings. The zero-order valence-corrected chi connectivity index (χ0v) is 9.45. The molecule has 1 fully saturated rings. The summed E-state index contributed by atoms with van der Waals surface area (Å²) in [5.74, 6) is -1.04. The van der Waals surface area contributed by atoms with Crippen LogP contribution in [0.2, 0.25) is 0 Å². The number of imidazole rings is 1. The lowest BCUT2D eigenvalue weighted by atomic mass is 9.97. The molecule has 0 bridgehead atoms. The van der Waals surface area contributed by atoms with Crippen molar-refractivity contribution in [1.29, 1.82) is 0 Å². The molecular formula is C11H15N3O3. The minimum Gasteiger partial charge on any atom is -0.481 e. The van der Waals surface area contributed by atoms with Crippen LogP contribution in [0.5, 0.6) is 0 Å². The van der Waals surface area contributed by atoms with Gasteiger partial charge in [0.25, 0.3) is 0 Å². The fourth-order valence-electron chi connectivity index (χ4n) is 2.01. The minimum atomic E-state index is -0.758. The molecule has 1 aliphatic heterocycles. The molecule has 2 heterocycles. The summed E-state index contributed by atoms with van der Waals surface area (Å²) in [6, 6.07) is 0. The first-order chi connectivity index (χ1) is 8.16. The fraction of sp³-hybridized carbons (Fsp3) is 0.545. The number of nitrogens with zero attached hydrogens (tertiary/aromatic N) is 3. The van der Waals surface area contributed by atoms with Crippen LogP contribution in [0.1, 0.15) is 12.8 Å². The molecule has 1 amide bonds. The minimum absolute atomic E-state index is 0.0202. The molecule has 2 rings (SSSR count). The predicted octanol–water partition coefficient (Wildman–Crippen LogP) is 0.206. The van der Waals surface area contributed by atoms with E-state index in [0.29, 0.717) is 25.9 Å². The van der Waals surface area contributed by atoms with Gasteiger partial charge in [0, 0.05) is 25.5 Å². The molecule has 6 heteroatoms. The Balaban J connectivity index is 1.84. The van der Waals surface area contributed by atoms with E-state index in [2.05, 4.69) is 4.98 Å². The van der Waals surface area contributed by atoms with Gasteiger partial charge in [-0.3, -0.25) is 9.59 Å². The normalized spacial score (nSPS) is 17.1. The van der Waals surface area contributed by atoms with E-state index in [0.717, 1.165) is 0 Å². The second-order valence-electron chi connectivity index (χ2n) is 4.23. The lowest BCUT2D eigenvalue weighted by Crippen LogP contribution is -2.41. The molecule has 1 N–H and O–H groups in total. The lowest BCUT2D eigenvalue weighted by Gasteiger charge is -2.30. The number of carbonyl (C=O) groups excluding carboxylic acids is 1. The van der Waals surface area contributed by atoms with Gasteiger partial charge in [-0.15, -0.1) is 0 Å². The summed E-state index contributed by atoms with van der Waals surface area (Å²) in [5.41, 5.74) is 0. The first kappa shape index (κ1) is 11.6. The van der Waals surface area contributed by atoms with Gasteiger partial charge in [-0.1, -0.05) is 0 Å². The summed E-state index contributed by atoms with van der Waals surface area (Å²) in [4.78, 5) is 28.2. The molecule has 92 valence electrons. The Morgan fingerprint density at radius 3 is 2.59 bits per heavy atom. The number of carbonyl (C=O) groups is 2. The number of likely N-dealkylation sites (tertiary alicyclic amines) is 1. The summed E-state index contributed by atoms with van der Waals surface area (Å²) < 4.78 is 1.71. The molecule has 0 radical (unpaired) electrons. The lowest BCUT2D eigenvalue weighted by molar-refractivity contribution is -0.145. The zero-order chi connectivity index (χ0) is 12.3. The molecule has 0 aliphatic carbocycles. The quantitative estimate of drug-likeness (QED) is 0.815. The smallest absolute Gasteiger partial charge is 0.306 e. The number of amides is 1. The van der Waals surface area contributed by atoms with Gasteiger partial charge in [-0.25, -0.2) is 4.98 Å². The van der Waals surface area contributed by atoms with Gasteiger partial charge in [-0.2, -0.15) is 0 Å². The number of aliphatic carboxylic acids is 1. The van der Waals surface area contributed by atoms with Crippen molar-refractivity contribution in [3.05, 3.63) is 18.7 Å². The third-order valence-electron chi connectivity index (χ3n) is 3.07. The number of aromatic nitrogens is 2. The van der Waals surface area contributed by atoms with Crippen LogP contribution in [-0.2, 0) is 16.1 Å². The van der Waals surface area contributed by atoms with Crippen LogP contribution in [0, 0.1) is 5.92 Å². The largest absolute Gasteiger partial charge is 0.481 e. The van der Waals surface area contributed by atoms with E-state index in [1.54, 1.807) is 28.2 Å². The Bertz CT molecular complexity index is 394. The van der Waals surface area contributed by atoms with Crippen LogP contribution in [0.15, 0.2) is 18.7 Å². The van der Waals surface area contributed by atoms with Crippen molar-refractivity contribution < 1.29 is 14.7 Å². The molecular weight excluding hydrogens is 222 g/mol. The van der Waals surface area contributed by atoms with E-state index < -0.39 is 5.97 Å². The van der Waals surface area contributed by atoms with Crippen molar-refractivity contribution in [1.82, 2.24) is 14.5 Å². The van der Waals surface area contributed by atoms with Crippen LogP contribution >= 0.6 is 0 Å². The summed E-state index contributed by atoms with van der Waals surface area (Å²) >= 11 is 0. The van der Waals surface area contributed by atoms with Crippen LogP contribution < -0.4 is 0 Å². The Labute approximate surface area is 98.9 Å². The maximum atomic E-state index is 11.9. The van der Waals surface area contributed by atoms with Crippen LogP contribution in [-0.4, -0.2) is 44.5 Å². The van der Waals surface area contributed by atoms with Crippen molar-refractivity contribution in [2.45, 2.75) is 19.4 Å². The van der Waals surface area contributed by atoms with E-state index in [-0.39, 0.29) is 18.4 Å². The Morgan fingerprint density at radius 1 is 1.35 bits per heavy atom. The van der Waals surface area contributed by atoms with E-state index in [4.69, 9.17) is 5.11 Å². The molecule has 0 saturated carbocycles. The maximum Gasteiger partial charge on any atom is 0.306 e. The maximum absolute atomic E-state index is 11.9. The fourth-order valence-corrected chi connectivity index (χ4v) is 2.01. The molecule has 1 saturated heterocycles. The molecule has 1 aromatic rings. The third kappa shape index (κ3) is 2.83. The molecule has 1 aromatic heterocycles. The van der Waals surface area contributed by atoms with E-state index >= 15 is 0 Å². The average molecular weight is 237 g/mol. The highest BCUT2D eigenvalue weighted by Crippen LogP contribution is 2.17. The number of rotatable bonds is 3. The third-order valence-corrected chi connectivity index (χ3v) is 3.07. The molecule has 17 heavy (non-hydrogen) atoms. The molecule has 0 spiro atoms. The summed E-state index contributed by atoms with van der Waals surface area (Å²) in [6.45, 7) is 1.34. The molecule has 0 unspecified atom stereocenters. The predicted molar refractivity (Wildman–Crippen MR) is 59.2 cm³/mol. The number of carboxylic acids is 1. The highest BCUT2D eigenvalue weighted by molar-refractivity contribution is 5.76. The monoisotopic (exact) mass is 237 g/mol. The van der Waals surface area contributed by atoms with Crippen molar-refractivity contribution in [2.75, 3.05) is 13.1 Å². The van der Waals surface area contributed by atoms with Gasteiger partial charge in [0.15, 0.2) is 0 Å². The summed E-state index contributed by atoms with van der Waals surface area (Å²) in [7, 11) is 0. The van der Waals surface area contributed by atoms with Gasteiger partial charge in [0.2, 0.25) is 5.91 Å². The average Bonchev–Trinajstić information content (AvgIpc) is 2.82. The van der Waals surface area contributed by atoms with Crippen molar-refractivity contribution in [3.8, 4) is 0 Å². The highest BCUT2D eigenvalue weighted by Gasteiger charge is 2.26. The Morgan fingerprint density at radius 2 is 2.06 bits per heavy atom. The van der Waals surface area contributed by atoms with Gasteiger partial charge < -0.3 is 14.6 Å². The zero-order valence-electron chi connectivity index (χ0n) is 9.45. The summed E-state index contributed by atoms with van der Waals surface area (Å²) in [5, 5.41) is 8.85. The number of piperidine rings is 1. The molecule has 6 nitrogen and oxygen atoms in total. The van der Waals surface area contributed by atoms with Gasteiger partial charge in [0.05, 0.1) is 12.2 Å². The van der Waals surface area contributed by atoms with Crippen molar-refractivity contribution >= 4 is 11.9 Å². The molecule has 0 atom stereocenters. The van der Waals surface area contributed by atoms with Crippen LogP contribution in [0.4, 0.5) is 0 Å². The number of carboxylic acid groups (broad SMARTS) is 1. The number of hydrogen-bond donors (Lipinski definition) is 1. The second kappa shape index (κ2) is 4.99. The van der Waals surface area contributed by atoms with Gasteiger partial charge in [0.1, 0.15) is 6.54 Å². The van der Waals surface area contributed by atoms with Crippen molar-refractivity contribution in [2.24, 2.45) is 5.92 Å². The van der Waals surface area contributed by atoms with Crippen LogP contribution in [0.25, 0.3) is 0 Å². The second-order valence-corrected chi connectivity index (χ2v) is 4.23. The van der Waals surface area contributed by atoms with Gasteiger partial charge >= 0.3 is 5.97 Å². The number of hydrogen-bond acceptors (Lipinski definition) is 3. The standard InChI is InChI=1S/C11H15N3O3/c15-10(7-13-6-3-12-8-13)14-4-1-9(2-5-14)11(16)17/h3,6,8-9H,1-2,4-5,7H2,(H,16,17). The first-order valence-electron chi connectivity index (χ1n) is 5.63. The topological polar surface area (TPSA) is 75.4 Å². The van der Waals surface area contributed by atoms with E-state index in [9.17, 15) is 9.59 Å². The Hall–Kier alpha value is -1.85. The van der Waals surface area contributed by atoms with E-state index in [1.165, 1.54) is 0 Å². The SMILES string of the molecule is O=C(O)C1CCN(C(=O)Cn2ccnc2)CC1. The molecule has 0 aromatic carbocycles. The van der Waals surface area contributed by atoms with Crippen molar-refractivity contribution in [3.63, 3.8) is 0 Å². The van der Waals surface area contributed by atoms with Crippen LogP contribution in [0.3, 0.4) is 0 Å². The van der Waals surface area contributed by atoms with Gasteiger partial charge in [-0.05, 0) is 12.8 Å². The Kier molecular flexibility index (Phi) is 3.41.